The molecule has 0 aliphatic carbocycles. The molecule has 0 aromatic carbocycles. The largest absolute Gasteiger partial charge is 0.477 e. The van der Waals surface area contributed by atoms with Crippen LogP contribution in [-0.2, 0) is 4.79 Å². The van der Waals surface area contributed by atoms with Crippen LogP contribution in [0, 0.1) is 0 Å². The molecule has 0 radical (unpaired) electrons. The standard InChI is InChI=1S/C5H11N.C3H5NO2/c1-2-4-6-5-3-1;1-2(4)3(5)6/h6H,1-5H2;1,4H2,(H,5,6). The average molecular weight is 172 g/mol. The number of hydrogen-bond acceptors (Lipinski definition) is 3. The number of piperidine rings is 1. The van der Waals surface area contributed by atoms with Crippen molar-refractivity contribution in [2.75, 3.05) is 13.1 Å². The van der Waals surface area contributed by atoms with Crippen LogP contribution in [0.1, 0.15) is 19.3 Å². The molecule has 0 spiro atoms. The van der Waals surface area contributed by atoms with Gasteiger partial charge in [-0.25, -0.2) is 4.79 Å². The van der Waals surface area contributed by atoms with Crippen LogP contribution >= 0.6 is 0 Å². The average Bonchev–Trinajstić information content (AvgIpc) is 2.08. The highest BCUT2D eigenvalue weighted by Crippen LogP contribution is 1.96. The molecule has 0 saturated carbocycles. The first-order chi connectivity index (χ1) is 5.64. The van der Waals surface area contributed by atoms with Gasteiger partial charge in [-0.3, -0.25) is 0 Å². The van der Waals surface area contributed by atoms with E-state index in [1.807, 2.05) is 0 Å². The number of nitrogens with one attached hydrogen (secondary N) is 1. The van der Waals surface area contributed by atoms with Gasteiger partial charge in [-0.1, -0.05) is 13.0 Å². The van der Waals surface area contributed by atoms with E-state index in [4.69, 9.17) is 5.11 Å². The molecule has 1 aliphatic rings. The van der Waals surface area contributed by atoms with E-state index in [9.17, 15) is 4.79 Å². The zero-order chi connectivity index (χ0) is 9.40. The molecule has 0 unspecified atom stereocenters. The van der Waals surface area contributed by atoms with Gasteiger partial charge < -0.3 is 16.2 Å². The second kappa shape index (κ2) is 6.67. The Kier molecular flexibility index (Phi) is 6.09. The molecule has 0 amide bonds. The summed E-state index contributed by atoms with van der Waals surface area (Å²) in [5.41, 5.74) is 4.32. The Balaban J connectivity index is 0.000000202. The quantitative estimate of drug-likeness (QED) is 0.497. The predicted molar refractivity (Wildman–Crippen MR) is 47.7 cm³/mol. The Hall–Kier alpha value is -1.03. The Morgan fingerprint density at radius 2 is 1.75 bits per heavy atom. The zero-order valence-corrected chi connectivity index (χ0v) is 7.18. The Morgan fingerprint density at radius 3 is 1.83 bits per heavy atom. The molecule has 1 rings (SSSR count). The minimum Gasteiger partial charge on any atom is -0.477 e. The van der Waals surface area contributed by atoms with Crippen LogP contribution in [0.4, 0.5) is 0 Å². The minimum atomic E-state index is -1.16. The molecular weight excluding hydrogens is 156 g/mol. The lowest BCUT2D eigenvalue weighted by Gasteiger charge is -2.08. The number of carbonyl (C=O) groups is 1. The molecule has 1 fully saturated rings. The Morgan fingerprint density at radius 1 is 1.33 bits per heavy atom. The number of carboxylic acids is 1. The van der Waals surface area contributed by atoms with Gasteiger partial charge in [-0.15, -0.1) is 0 Å². The van der Waals surface area contributed by atoms with E-state index < -0.39 is 5.97 Å². The monoisotopic (exact) mass is 172 g/mol. The molecule has 0 bridgehead atoms. The molecule has 1 aliphatic heterocycles. The maximum atomic E-state index is 9.47. The summed E-state index contributed by atoms with van der Waals surface area (Å²) in [7, 11) is 0. The van der Waals surface area contributed by atoms with Gasteiger partial charge in [0.25, 0.3) is 0 Å². The smallest absolute Gasteiger partial charge is 0.351 e. The summed E-state index contributed by atoms with van der Waals surface area (Å²) < 4.78 is 0. The van der Waals surface area contributed by atoms with Gasteiger partial charge >= 0.3 is 5.97 Å². The molecule has 0 atom stereocenters. The Bertz CT molecular complexity index is 130. The van der Waals surface area contributed by atoms with Crippen LogP contribution in [0.5, 0.6) is 0 Å². The van der Waals surface area contributed by atoms with Crippen molar-refractivity contribution in [2.24, 2.45) is 5.73 Å². The number of carboxylic acid groups (broad SMARTS) is 1. The summed E-state index contributed by atoms with van der Waals surface area (Å²) >= 11 is 0. The number of rotatable bonds is 1. The fourth-order valence-corrected chi connectivity index (χ4v) is 0.802. The molecule has 4 heteroatoms. The summed E-state index contributed by atoms with van der Waals surface area (Å²) in [5, 5.41) is 11.1. The first-order valence-corrected chi connectivity index (χ1v) is 4.03. The molecule has 0 aromatic rings. The van der Waals surface area contributed by atoms with Gasteiger partial charge in [0.2, 0.25) is 0 Å². The van der Waals surface area contributed by atoms with Crippen molar-refractivity contribution in [3.63, 3.8) is 0 Å². The lowest BCUT2D eigenvalue weighted by Crippen LogP contribution is -2.21. The number of nitrogens with two attached hydrogens (primary N) is 1. The first-order valence-electron chi connectivity index (χ1n) is 4.03. The Labute approximate surface area is 72.4 Å². The van der Waals surface area contributed by atoms with Crippen LogP contribution in [0.25, 0.3) is 0 Å². The summed E-state index contributed by atoms with van der Waals surface area (Å²) in [5.74, 6) is -1.16. The SMILES string of the molecule is C1CCNCC1.C=C(N)C(=O)O. The third kappa shape index (κ3) is 7.08. The van der Waals surface area contributed by atoms with Crippen LogP contribution in [-0.4, -0.2) is 24.2 Å². The third-order valence-electron chi connectivity index (χ3n) is 1.48. The fourth-order valence-electron chi connectivity index (χ4n) is 0.802. The highest BCUT2D eigenvalue weighted by atomic mass is 16.4. The van der Waals surface area contributed by atoms with E-state index in [-0.39, 0.29) is 5.70 Å². The van der Waals surface area contributed by atoms with Gasteiger partial charge in [0.1, 0.15) is 5.70 Å². The van der Waals surface area contributed by atoms with Crippen LogP contribution in [0.3, 0.4) is 0 Å². The molecule has 1 heterocycles. The van der Waals surface area contributed by atoms with E-state index in [1.165, 1.54) is 32.4 Å². The minimum absolute atomic E-state index is 0.324. The lowest BCUT2D eigenvalue weighted by atomic mass is 10.2. The molecule has 4 nitrogen and oxygen atoms in total. The maximum Gasteiger partial charge on any atom is 0.351 e. The van der Waals surface area contributed by atoms with E-state index >= 15 is 0 Å². The highest BCUT2D eigenvalue weighted by molar-refractivity contribution is 5.84. The number of hydrogen-bond donors (Lipinski definition) is 3. The van der Waals surface area contributed by atoms with Gasteiger partial charge in [-0.2, -0.15) is 0 Å². The van der Waals surface area contributed by atoms with Crippen molar-refractivity contribution >= 4 is 5.97 Å². The number of aliphatic carboxylic acids is 1. The zero-order valence-electron chi connectivity index (χ0n) is 7.18. The normalized spacial score (nSPS) is 15.7. The van der Waals surface area contributed by atoms with Crippen LogP contribution in [0.2, 0.25) is 0 Å². The maximum absolute atomic E-state index is 9.47. The van der Waals surface area contributed by atoms with Gasteiger partial charge in [0.15, 0.2) is 0 Å². The summed E-state index contributed by atoms with van der Waals surface area (Å²) in [6.45, 7) is 5.43. The second-order valence-corrected chi connectivity index (χ2v) is 2.64. The van der Waals surface area contributed by atoms with E-state index in [0.717, 1.165) is 0 Å². The molecule has 12 heavy (non-hydrogen) atoms. The van der Waals surface area contributed by atoms with Crippen molar-refractivity contribution in [1.82, 2.24) is 5.32 Å². The highest BCUT2D eigenvalue weighted by Gasteiger charge is 1.93. The molecule has 70 valence electrons. The van der Waals surface area contributed by atoms with Crippen molar-refractivity contribution in [1.29, 1.82) is 0 Å². The molecule has 4 N–H and O–H groups in total. The van der Waals surface area contributed by atoms with E-state index in [1.54, 1.807) is 0 Å². The molecular formula is C8H16N2O2. The van der Waals surface area contributed by atoms with E-state index in [2.05, 4.69) is 17.6 Å². The van der Waals surface area contributed by atoms with Crippen molar-refractivity contribution in [3.8, 4) is 0 Å². The van der Waals surface area contributed by atoms with Crippen molar-refractivity contribution in [3.05, 3.63) is 12.3 Å². The third-order valence-corrected chi connectivity index (χ3v) is 1.48. The van der Waals surface area contributed by atoms with Crippen molar-refractivity contribution in [2.45, 2.75) is 19.3 Å². The van der Waals surface area contributed by atoms with Crippen LogP contribution in [0.15, 0.2) is 12.3 Å². The van der Waals surface area contributed by atoms with E-state index in [0.29, 0.717) is 0 Å². The first kappa shape index (κ1) is 11.0. The van der Waals surface area contributed by atoms with Gasteiger partial charge in [0, 0.05) is 0 Å². The molecule has 1 saturated heterocycles. The van der Waals surface area contributed by atoms with Gasteiger partial charge in [0.05, 0.1) is 0 Å². The second-order valence-electron chi connectivity index (χ2n) is 2.64. The van der Waals surface area contributed by atoms with Crippen LogP contribution < -0.4 is 11.1 Å². The summed E-state index contributed by atoms with van der Waals surface area (Å²) in [4.78, 5) is 9.47. The van der Waals surface area contributed by atoms with Gasteiger partial charge in [-0.05, 0) is 25.9 Å². The molecule has 0 aromatic heterocycles. The summed E-state index contributed by atoms with van der Waals surface area (Å²) in [6, 6.07) is 0. The lowest BCUT2D eigenvalue weighted by molar-refractivity contribution is -0.132. The fraction of sp³-hybridized carbons (Fsp3) is 0.625. The van der Waals surface area contributed by atoms with Crippen molar-refractivity contribution < 1.29 is 9.90 Å². The topological polar surface area (TPSA) is 75.3 Å². The summed E-state index contributed by atoms with van der Waals surface area (Å²) in [6.07, 6.45) is 4.22. The predicted octanol–water partition coefficient (Wildman–Crippen LogP) is 0.303.